The fourth-order valence-electron chi connectivity index (χ4n) is 2.53. The molecule has 114 valence electrons. The number of carbonyl (C=O) groups excluding carboxylic acids is 2. The lowest BCUT2D eigenvalue weighted by Crippen LogP contribution is -2.56. The molecular formula is C13H23N3O4. The van der Waals surface area contributed by atoms with Gasteiger partial charge in [-0.3, -0.25) is 4.79 Å². The third-order valence-corrected chi connectivity index (χ3v) is 3.51. The minimum atomic E-state index is -0.989. The first-order chi connectivity index (χ1) is 9.38. The first kappa shape index (κ1) is 16.3. The minimum absolute atomic E-state index is 0.0656. The zero-order valence-electron chi connectivity index (χ0n) is 12.3. The van der Waals surface area contributed by atoms with E-state index in [2.05, 4.69) is 5.32 Å². The maximum Gasteiger partial charge on any atom is 0.326 e. The summed E-state index contributed by atoms with van der Waals surface area (Å²) in [5, 5.41) is 11.9. The summed E-state index contributed by atoms with van der Waals surface area (Å²) in [6, 6.07) is -1.22. The Kier molecular flexibility index (Phi) is 5.79. The number of amides is 3. The second-order valence-electron chi connectivity index (χ2n) is 5.19. The van der Waals surface area contributed by atoms with Gasteiger partial charge in [0.15, 0.2) is 0 Å². The van der Waals surface area contributed by atoms with Crippen LogP contribution in [0.5, 0.6) is 0 Å². The molecule has 7 heteroatoms. The van der Waals surface area contributed by atoms with Gasteiger partial charge in [-0.15, -0.1) is 0 Å². The number of carboxylic acid groups (broad SMARTS) is 1. The van der Waals surface area contributed by atoms with Crippen LogP contribution in [0, 0.1) is 5.92 Å². The third-order valence-electron chi connectivity index (χ3n) is 3.51. The van der Waals surface area contributed by atoms with Crippen molar-refractivity contribution >= 4 is 17.9 Å². The second kappa shape index (κ2) is 7.12. The number of carbonyl (C=O) groups is 3. The Morgan fingerprint density at radius 2 is 2.05 bits per heavy atom. The van der Waals surface area contributed by atoms with E-state index in [9.17, 15) is 19.5 Å². The third kappa shape index (κ3) is 3.85. The quantitative estimate of drug-likeness (QED) is 0.780. The summed E-state index contributed by atoms with van der Waals surface area (Å²) in [5.41, 5.74) is 0. The van der Waals surface area contributed by atoms with Crippen LogP contribution in [0.25, 0.3) is 0 Å². The van der Waals surface area contributed by atoms with Crippen molar-refractivity contribution in [3.63, 3.8) is 0 Å². The molecule has 1 aliphatic heterocycles. The lowest BCUT2D eigenvalue weighted by molar-refractivity contribution is -0.145. The van der Waals surface area contributed by atoms with Crippen molar-refractivity contribution in [2.24, 2.45) is 5.92 Å². The highest BCUT2D eigenvalue weighted by atomic mass is 16.4. The molecule has 3 amide bonds. The van der Waals surface area contributed by atoms with Gasteiger partial charge < -0.3 is 20.2 Å². The molecule has 0 aromatic rings. The molecule has 0 radical (unpaired) electrons. The molecule has 20 heavy (non-hydrogen) atoms. The van der Waals surface area contributed by atoms with Gasteiger partial charge in [-0.05, 0) is 25.7 Å². The van der Waals surface area contributed by atoms with E-state index in [1.165, 1.54) is 16.8 Å². The van der Waals surface area contributed by atoms with E-state index in [0.29, 0.717) is 13.1 Å². The minimum Gasteiger partial charge on any atom is -0.480 e. The summed E-state index contributed by atoms with van der Waals surface area (Å²) < 4.78 is 0. The molecule has 1 heterocycles. The van der Waals surface area contributed by atoms with Crippen molar-refractivity contribution in [2.45, 2.75) is 32.7 Å². The summed E-state index contributed by atoms with van der Waals surface area (Å²) in [6.45, 7) is 4.48. The average molecular weight is 285 g/mol. The smallest absolute Gasteiger partial charge is 0.326 e. The largest absolute Gasteiger partial charge is 0.480 e. The van der Waals surface area contributed by atoms with Crippen LogP contribution in [-0.4, -0.2) is 65.5 Å². The van der Waals surface area contributed by atoms with Crippen LogP contribution in [0.1, 0.15) is 26.7 Å². The zero-order valence-corrected chi connectivity index (χ0v) is 12.3. The van der Waals surface area contributed by atoms with E-state index >= 15 is 0 Å². The molecule has 2 N–H and O–H groups in total. The fraction of sp³-hybridized carbons (Fsp3) is 0.769. The van der Waals surface area contributed by atoms with Crippen LogP contribution in [0.2, 0.25) is 0 Å². The predicted octanol–water partition coefficient (Wildman–Crippen LogP) is 0.359. The Balaban J connectivity index is 2.72. The number of likely N-dealkylation sites (tertiary alicyclic amines) is 1. The van der Waals surface area contributed by atoms with Crippen LogP contribution in [0.15, 0.2) is 0 Å². The normalized spacial score (nSPS) is 22.2. The molecular weight excluding hydrogens is 262 g/mol. The zero-order chi connectivity index (χ0) is 15.3. The molecule has 2 atom stereocenters. The number of nitrogens with one attached hydrogen (secondary N) is 1. The van der Waals surface area contributed by atoms with Crippen molar-refractivity contribution < 1.29 is 19.5 Å². The van der Waals surface area contributed by atoms with Crippen molar-refractivity contribution in [1.82, 2.24) is 15.1 Å². The topological polar surface area (TPSA) is 90.0 Å². The molecule has 0 aromatic carbocycles. The van der Waals surface area contributed by atoms with E-state index in [1.54, 1.807) is 6.92 Å². The summed E-state index contributed by atoms with van der Waals surface area (Å²) in [7, 11) is 1.51. The van der Waals surface area contributed by atoms with E-state index in [-0.39, 0.29) is 18.4 Å². The Morgan fingerprint density at radius 3 is 2.60 bits per heavy atom. The first-order valence-electron chi connectivity index (χ1n) is 6.89. The van der Waals surface area contributed by atoms with Gasteiger partial charge in [0.25, 0.3) is 0 Å². The Bertz CT molecular complexity index is 386. The maximum atomic E-state index is 12.3. The molecule has 0 saturated carbocycles. The highest BCUT2D eigenvalue weighted by Crippen LogP contribution is 2.24. The van der Waals surface area contributed by atoms with Crippen molar-refractivity contribution in [3.8, 4) is 0 Å². The maximum absolute atomic E-state index is 12.3. The van der Waals surface area contributed by atoms with Crippen LogP contribution in [0.4, 0.5) is 4.79 Å². The van der Waals surface area contributed by atoms with Crippen LogP contribution in [-0.2, 0) is 9.59 Å². The number of urea groups is 1. The second-order valence-corrected chi connectivity index (χ2v) is 5.19. The highest BCUT2D eigenvalue weighted by molar-refractivity contribution is 5.86. The summed E-state index contributed by atoms with van der Waals surface area (Å²) in [6.07, 6.45) is 1.58. The summed E-state index contributed by atoms with van der Waals surface area (Å²) in [4.78, 5) is 37.7. The number of likely N-dealkylation sites (N-methyl/N-ethyl adjacent to an activating group) is 2. The summed E-state index contributed by atoms with van der Waals surface area (Å²) >= 11 is 0. The number of carboxylic acids is 1. The van der Waals surface area contributed by atoms with Crippen molar-refractivity contribution in [2.75, 3.05) is 26.7 Å². The summed E-state index contributed by atoms with van der Waals surface area (Å²) in [5.74, 6) is -1.32. The SMILES string of the molecule is CCNC(=O)CN(C)C(=O)N1CCCC(C)C1C(=O)O. The van der Waals surface area contributed by atoms with Crippen LogP contribution < -0.4 is 5.32 Å². The van der Waals surface area contributed by atoms with E-state index < -0.39 is 18.0 Å². The van der Waals surface area contributed by atoms with Crippen LogP contribution >= 0.6 is 0 Å². The molecule has 0 bridgehead atoms. The van der Waals surface area contributed by atoms with Gasteiger partial charge in [0.1, 0.15) is 12.6 Å². The first-order valence-corrected chi connectivity index (χ1v) is 6.89. The van der Waals surface area contributed by atoms with Crippen molar-refractivity contribution in [1.29, 1.82) is 0 Å². The van der Waals surface area contributed by atoms with Gasteiger partial charge in [0.2, 0.25) is 5.91 Å². The predicted molar refractivity (Wildman–Crippen MR) is 73.2 cm³/mol. The highest BCUT2D eigenvalue weighted by Gasteiger charge is 2.38. The molecule has 2 unspecified atom stereocenters. The number of aliphatic carboxylic acids is 1. The molecule has 0 aromatic heterocycles. The standard InChI is InChI=1S/C13H23N3O4/c1-4-14-10(17)8-15(3)13(20)16-7-5-6-9(2)11(16)12(18)19/h9,11H,4-8H2,1-3H3,(H,14,17)(H,18,19). The van der Waals surface area contributed by atoms with Gasteiger partial charge in [-0.25, -0.2) is 9.59 Å². The molecule has 1 fully saturated rings. The Morgan fingerprint density at radius 1 is 1.40 bits per heavy atom. The molecule has 0 spiro atoms. The average Bonchev–Trinajstić information content (AvgIpc) is 2.37. The molecule has 1 rings (SSSR count). The van der Waals surface area contributed by atoms with E-state index in [1.807, 2.05) is 6.92 Å². The Hall–Kier alpha value is -1.79. The van der Waals surface area contributed by atoms with Crippen LogP contribution in [0.3, 0.4) is 0 Å². The number of rotatable bonds is 4. The fourth-order valence-corrected chi connectivity index (χ4v) is 2.53. The number of piperidine rings is 1. The molecule has 1 saturated heterocycles. The number of nitrogens with zero attached hydrogens (tertiary/aromatic N) is 2. The van der Waals surface area contributed by atoms with Gasteiger partial charge in [0.05, 0.1) is 0 Å². The van der Waals surface area contributed by atoms with Gasteiger partial charge in [0, 0.05) is 20.1 Å². The van der Waals surface area contributed by atoms with Crippen molar-refractivity contribution in [3.05, 3.63) is 0 Å². The molecule has 1 aliphatic rings. The van der Waals surface area contributed by atoms with Gasteiger partial charge in [-0.1, -0.05) is 6.92 Å². The van der Waals surface area contributed by atoms with E-state index in [4.69, 9.17) is 0 Å². The number of hydrogen-bond donors (Lipinski definition) is 2. The monoisotopic (exact) mass is 285 g/mol. The Labute approximate surface area is 118 Å². The lowest BCUT2D eigenvalue weighted by Gasteiger charge is -2.39. The van der Waals surface area contributed by atoms with Gasteiger partial charge in [-0.2, -0.15) is 0 Å². The molecule has 7 nitrogen and oxygen atoms in total. The lowest BCUT2D eigenvalue weighted by atomic mass is 9.91. The van der Waals surface area contributed by atoms with Gasteiger partial charge >= 0.3 is 12.0 Å². The number of hydrogen-bond acceptors (Lipinski definition) is 3. The van der Waals surface area contributed by atoms with E-state index in [0.717, 1.165) is 12.8 Å². The molecule has 0 aliphatic carbocycles.